The average molecular weight is 326 g/mol. The van der Waals surface area contributed by atoms with Crippen molar-refractivity contribution in [2.24, 2.45) is 0 Å². The Morgan fingerprint density at radius 1 is 1.47 bits per heavy atom. The zero-order valence-corrected chi connectivity index (χ0v) is 12.3. The highest BCUT2D eigenvalue weighted by molar-refractivity contribution is 9.10. The van der Waals surface area contributed by atoms with Crippen LogP contribution in [0, 0.1) is 6.92 Å². The fourth-order valence-electron chi connectivity index (χ4n) is 2.47. The van der Waals surface area contributed by atoms with E-state index in [0.29, 0.717) is 12.1 Å². The van der Waals surface area contributed by atoms with E-state index in [-0.39, 0.29) is 18.4 Å². The summed E-state index contributed by atoms with van der Waals surface area (Å²) >= 11 is 3.40. The zero-order valence-electron chi connectivity index (χ0n) is 10.7. The van der Waals surface area contributed by atoms with E-state index in [1.165, 1.54) is 0 Å². The first-order valence-electron chi connectivity index (χ1n) is 6.28. The standard InChI is InChI=1S/C14H16BrNO3/c1-9-4-5-11(12(15)7-9)14(19)16-6-2-3-10(16)8-13(17)18/h4-5,7,10H,2-3,6,8H2,1H3,(H,17,18). The van der Waals surface area contributed by atoms with Crippen LogP contribution >= 0.6 is 15.9 Å². The number of carboxylic acid groups (broad SMARTS) is 1. The first-order chi connectivity index (χ1) is 8.99. The van der Waals surface area contributed by atoms with Crippen LogP contribution in [0.4, 0.5) is 0 Å². The molecule has 19 heavy (non-hydrogen) atoms. The molecule has 1 N–H and O–H groups in total. The van der Waals surface area contributed by atoms with Gasteiger partial charge in [-0.1, -0.05) is 6.07 Å². The number of hydrogen-bond donors (Lipinski definition) is 1. The third-order valence-electron chi connectivity index (χ3n) is 3.40. The first-order valence-corrected chi connectivity index (χ1v) is 7.07. The van der Waals surface area contributed by atoms with Crippen molar-refractivity contribution in [2.75, 3.05) is 6.54 Å². The number of rotatable bonds is 3. The van der Waals surface area contributed by atoms with Gasteiger partial charge in [-0.15, -0.1) is 0 Å². The number of carbonyl (C=O) groups is 2. The number of likely N-dealkylation sites (tertiary alicyclic amines) is 1. The average Bonchev–Trinajstić information content (AvgIpc) is 2.75. The summed E-state index contributed by atoms with van der Waals surface area (Å²) in [4.78, 5) is 25.0. The van der Waals surface area contributed by atoms with Gasteiger partial charge in [-0.3, -0.25) is 9.59 Å². The molecule has 1 aliphatic heterocycles. The lowest BCUT2D eigenvalue weighted by molar-refractivity contribution is -0.137. The molecule has 102 valence electrons. The van der Waals surface area contributed by atoms with Gasteiger partial charge in [0.1, 0.15) is 0 Å². The molecule has 0 aliphatic carbocycles. The second kappa shape index (κ2) is 5.74. The van der Waals surface area contributed by atoms with Gasteiger partial charge in [-0.25, -0.2) is 0 Å². The van der Waals surface area contributed by atoms with Crippen LogP contribution in [0.1, 0.15) is 35.2 Å². The van der Waals surface area contributed by atoms with Crippen LogP contribution in [0.5, 0.6) is 0 Å². The predicted molar refractivity (Wildman–Crippen MR) is 75.2 cm³/mol. The summed E-state index contributed by atoms with van der Waals surface area (Å²) in [7, 11) is 0. The monoisotopic (exact) mass is 325 g/mol. The number of carboxylic acids is 1. The zero-order chi connectivity index (χ0) is 14.0. The molecule has 1 aliphatic rings. The van der Waals surface area contributed by atoms with Crippen molar-refractivity contribution in [3.8, 4) is 0 Å². The van der Waals surface area contributed by atoms with Crippen molar-refractivity contribution >= 4 is 27.8 Å². The largest absolute Gasteiger partial charge is 0.481 e. The lowest BCUT2D eigenvalue weighted by atomic mass is 10.1. The summed E-state index contributed by atoms with van der Waals surface area (Å²) < 4.78 is 0.762. The van der Waals surface area contributed by atoms with E-state index >= 15 is 0 Å². The summed E-state index contributed by atoms with van der Waals surface area (Å²) in [5.41, 5.74) is 1.68. The highest BCUT2D eigenvalue weighted by atomic mass is 79.9. The van der Waals surface area contributed by atoms with Crippen LogP contribution in [0.3, 0.4) is 0 Å². The SMILES string of the molecule is Cc1ccc(C(=O)N2CCCC2CC(=O)O)c(Br)c1. The molecule has 1 atom stereocenters. The van der Waals surface area contributed by atoms with Crippen LogP contribution in [-0.2, 0) is 4.79 Å². The fourth-order valence-corrected chi connectivity index (χ4v) is 3.13. The molecule has 1 aromatic carbocycles. The van der Waals surface area contributed by atoms with E-state index < -0.39 is 5.97 Å². The predicted octanol–water partition coefficient (Wildman–Crippen LogP) is 2.84. The normalized spacial score (nSPS) is 18.6. The molecule has 1 unspecified atom stereocenters. The molecule has 1 fully saturated rings. The number of carbonyl (C=O) groups excluding carboxylic acids is 1. The van der Waals surface area contributed by atoms with E-state index in [0.717, 1.165) is 22.9 Å². The smallest absolute Gasteiger partial charge is 0.305 e. The number of amides is 1. The minimum Gasteiger partial charge on any atom is -0.481 e. The van der Waals surface area contributed by atoms with Crippen LogP contribution in [-0.4, -0.2) is 34.5 Å². The quantitative estimate of drug-likeness (QED) is 0.929. The van der Waals surface area contributed by atoms with Crippen LogP contribution in [0.15, 0.2) is 22.7 Å². The Morgan fingerprint density at radius 3 is 2.84 bits per heavy atom. The molecule has 2 rings (SSSR count). The first kappa shape index (κ1) is 14.1. The number of aliphatic carboxylic acids is 1. The Labute approximate surface area is 120 Å². The van der Waals surface area contributed by atoms with Gasteiger partial charge in [0, 0.05) is 17.1 Å². The van der Waals surface area contributed by atoms with Gasteiger partial charge >= 0.3 is 5.97 Å². The van der Waals surface area contributed by atoms with Gasteiger partial charge in [0.25, 0.3) is 5.91 Å². The van der Waals surface area contributed by atoms with Crippen molar-refractivity contribution < 1.29 is 14.7 Å². The maximum absolute atomic E-state index is 12.5. The number of nitrogens with zero attached hydrogens (tertiary/aromatic N) is 1. The second-order valence-electron chi connectivity index (χ2n) is 4.88. The molecule has 0 saturated carbocycles. The molecule has 1 saturated heterocycles. The number of hydrogen-bond acceptors (Lipinski definition) is 2. The van der Waals surface area contributed by atoms with Crippen molar-refractivity contribution in [3.63, 3.8) is 0 Å². The molecular formula is C14H16BrNO3. The van der Waals surface area contributed by atoms with Gasteiger partial charge in [0.05, 0.1) is 12.0 Å². The highest BCUT2D eigenvalue weighted by Crippen LogP contribution is 2.26. The van der Waals surface area contributed by atoms with E-state index in [4.69, 9.17) is 5.11 Å². The van der Waals surface area contributed by atoms with Crippen molar-refractivity contribution in [2.45, 2.75) is 32.2 Å². The van der Waals surface area contributed by atoms with Gasteiger partial charge in [-0.05, 0) is 53.4 Å². The van der Waals surface area contributed by atoms with E-state index in [9.17, 15) is 9.59 Å². The molecule has 4 nitrogen and oxygen atoms in total. The molecule has 0 spiro atoms. The third-order valence-corrected chi connectivity index (χ3v) is 4.06. The van der Waals surface area contributed by atoms with Gasteiger partial charge in [0.15, 0.2) is 0 Å². The minimum atomic E-state index is -0.854. The number of aryl methyl sites for hydroxylation is 1. The third kappa shape index (κ3) is 3.15. The van der Waals surface area contributed by atoms with E-state index in [1.807, 2.05) is 19.1 Å². The molecule has 0 bridgehead atoms. The molecule has 0 radical (unpaired) electrons. The van der Waals surface area contributed by atoms with Crippen LogP contribution < -0.4 is 0 Å². The number of halogens is 1. The molecule has 1 aromatic rings. The Hall–Kier alpha value is -1.36. The Morgan fingerprint density at radius 2 is 2.21 bits per heavy atom. The van der Waals surface area contributed by atoms with Gasteiger partial charge < -0.3 is 10.0 Å². The van der Waals surface area contributed by atoms with Crippen LogP contribution in [0.2, 0.25) is 0 Å². The summed E-state index contributed by atoms with van der Waals surface area (Å²) in [6.45, 7) is 2.60. The summed E-state index contributed by atoms with van der Waals surface area (Å²) in [5, 5.41) is 8.89. The maximum atomic E-state index is 12.5. The fraction of sp³-hybridized carbons (Fsp3) is 0.429. The Balaban J connectivity index is 2.20. The Bertz CT molecular complexity index is 515. The highest BCUT2D eigenvalue weighted by Gasteiger charge is 2.31. The van der Waals surface area contributed by atoms with Crippen molar-refractivity contribution in [1.29, 1.82) is 0 Å². The summed E-state index contributed by atoms with van der Waals surface area (Å²) in [5.74, 6) is -0.941. The molecule has 1 heterocycles. The lowest BCUT2D eigenvalue weighted by Crippen LogP contribution is -2.37. The molecule has 1 amide bonds. The second-order valence-corrected chi connectivity index (χ2v) is 5.73. The van der Waals surface area contributed by atoms with Gasteiger partial charge in [-0.2, -0.15) is 0 Å². The van der Waals surface area contributed by atoms with Gasteiger partial charge in [0.2, 0.25) is 0 Å². The maximum Gasteiger partial charge on any atom is 0.305 e. The molecule has 5 heteroatoms. The van der Waals surface area contributed by atoms with Crippen molar-refractivity contribution in [3.05, 3.63) is 33.8 Å². The summed E-state index contributed by atoms with van der Waals surface area (Å²) in [6.07, 6.45) is 1.66. The topological polar surface area (TPSA) is 57.6 Å². The van der Waals surface area contributed by atoms with Crippen LogP contribution in [0.25, 0.3) is 0 Å². The lowest BCUT2D eigenvalue weighted by Gasteiger charge is -2.24. The molecular weight excluding hydrogens is 310 g/mol. The van der Waals surface area contributed by atoms with E-state index in [1.54, 1.807) is 11.0 Å². The minimum absolute atomic E-state index is 0.0230. The Kier molecular flexibility index (Phi) is 4.24. The van der Waals surface area contributed by atoms with E-state index in [2.05, 4.69) is 15.9 Å². The number of benzene rings is 1. The van der Waals surface area contributed by atoms with Crippen molar-refractivity contribution in [1.82, 2.24) is 4.90 Å². The molecule has 0 aromatic heterocycles. The summed E-state index contributed by atoms with van der Waals surface area (Å²) in [6, 6.07) is 5.39.